The SMILES string of the molecule is c1cc2cc3c(cc2cn1)CCCC3. The zero-order valence-electron chi connectivity index (χ0n) is 8.16. The first kappa shape index (κ1) is 7.98. The summed E-state index contributed by atoms with van der Waals surface area (Å²) >= 11 is 0. The largest absolute Gasteiger partial charge is 0.264 e. The summed E-state index contributed by atoms with van der Waals surface area (Å²) in [5.74, 6) is 0. The van der Waals surface area contributed by atoms with Gasteiger partial charge < -0.3 is 0 Å². The smallest absolute Gasteiger partial charge is 0.0346 e. The van der Waals surface area contributed by atoms with E-state index in [0.717, 1.165) is 0 Å². The second-order valence-corrected chi connectivity index (χ2v) is 4.05. The quantitative estimate of drug-likeness (QED) is 0.611. The number of nitrogens with zero attached hydrogens (tertiary/aromatic N) is 1. The van der Waals surface area contributed by atoms with Gasteiger partial charge in [0.2, 0.25) is 0 Å². The lowest BCUT2D eigenvalue weighted by atomic mass is 9.90. The second-order valence-electron chi connectivity index (χ2n) is 4.05. The highest BCUT2D eigenvalue weighted by Gasteiger charge is 2.09. The van der Waals surface area contributed by atoms with Gasteiger partial charge in [0.1, 0.15) is 0 Å². The number of fused-ring (bicyclic) bond motifs is 2. The minimum atomic E-state index is 1.25. The summed E-state index contributed by atoms with van der Waals surface area (Å²) in [6, 6.07) is 6.76. The second kappa shape index (κ2) is 3.09. The molecule has 1 heterocycles. The molecule has 1 aromatic heterocycles. The van der Waals surface area contributed by atoms with Crippen LogP contribution in [0.15, 0.2) is 30.6 Å². The van der Waals surface area contributed by atoms with E-state index in [4.69, 9.17) is 0 Å². The Morgan fingerprint density at radius 1 is 0.929 bits per heavy atom. The maximum absolute atomic E-state index is 4.16. The van der Waals surface area contributed by atoms with Gasteiger partial charge in [-0.15, -0.1) is 0 Å². The van der Waals surface area contributed by atoms with E-state index in [0.29, 0.717) is 0 Å². The maximum atomic E-state index is 4.16. The highest BCUT2D eigenvalue weighted by molar-refractivity contribution is 5.83. The molecule has 70 valence electrons. The summed E-state index contributed by atoms with van der Waals surface area (Å²) in [4.78, 5) is 4.16. The molecule has 1 nitrogen and oxygen atoms in total. The van der Waals surface area contributed by atoms with Crippen LogP contribution in [0.2, 0.25) is 0 Å². The van der Waals surface area contributed by atoms with E-state index in [-0.39, 0.29) is 0 Å². The molecule has 0 atom stereocenters. The number of aromatic nitrogens is 1. The van der Waals surface area contributed by atoms with Crippen molar-refractivity contribution in [2.75, 3.05) is 0 Å². The molecule has 1 heteroatoms. The molecular formula is C13H13N. The number of aryl methyl sites for hydroxylation is 2. The van der Waals surface area contributed by atoms with Crippen LogP contribution in [-0.2, 0) is 12.8 Å². The Labute approximate surface area is 83.8 Å². The fourth-order valence-corrected chi connectivity index (χ4v) is 2.33. The lowest BCUT2D eigenvalue weighted by Crippen LogP contribution is -2.02. The third-order valence-electron chi connectivity index (χ3n) is 3.10. The molecule has 1 aliphatic rings. The third kappa shape index (κ3) is 1.20. The van der Waals surface area contributed by atoms with Gasteiger partial charge in [-0.1, -0.05) is 6.07 Å². The Bertz CT molecular complexity index is 429. The summed E-state index contributed by atoms with van der Waals surface area (Å²) < 4.78 is 0. The molecule has 3 rings (SSSR count). The first-order chi connectivity index (χ1) is 6.93. The van der Waals surface area contributed by atoms with Gasteiger partial charge in [-0.05, 0) is 54.3 Å². The predicted molar refractivity (Wildman–Crippen MR) is 58.4 cm³/mol. The van der Waals surface area contributed by atoms with E-state index >= 15 is 0 Å². The van der Waals surface area contributed by atoms with Gasteiger partial charge in [-0.2, -0.15) is 0 Å². The maximum Gasteiger partial charge on any atom is 0.0346 e. The number of rotatable bonds is 0. The first-order valence-electron chi connectivity index (χ1n) is 5.29. The van der Waals surface area contributed by atoms with Crippen molar-refractivity contribution >= 4 is 10.8 Å². The molecule has 0 radical (unpaired) electrons. The Morgan fingerprint density at radius 3 is 2.43 bits per heavy atom. The molecule has 0 amide bonds. The van der Waals surface area contributed by atoms with Crippen molar-refractivity contribution in [3.8, 4) is 0 Å². The van der Waals surface area contributed by atoms with Gasteiger partial charge in [0, 0.05) is 17.8 Å². The lowest BCUT2D eigenvalue weighted by Gasteiger charge is -2.16. The van der Waals surface area contributed by atoms with Crippen LogP contribution in [0.3, 0.4) is 0 Å². The highest BCUT2D eigenvalue weighted by Crippen LogP contribution is 2.25. The molecule has 1 aromatic carbocycles. The molecule has 0 unspecified atom stereocenters. The van der Waals surface area contributed by atoms with Gasteiger partial charge in [-0.3, -0.25) is 4.98 Å². The van der Waals surface area contributed by atoms with Crippen LogP contribution >= 0.6 is 0 Å². The van der Waals surface area contributed by atoms with Crippen LogP contribution in [0, 0.1) is 0 Å². The lowest BCUT2D eigenvalue weighted by molar-refractivity contribution is 0.687. The minimum Gasteiger partial charge on any atom is -0.264 e. The van der Waals surface area contributed by atoms with E-state index in [1.54, 1.807) is 5.56 Å². The van der Waals surface area contributed by atoms with Crippen LogP contribution in [0.4, 0.5) is 0 Å². The average Bonchev–Trinajstić information content (AvgIpc) is 2.26. The monoisotopic (exact) mass is 183 g/mol. The molecule has 0 saturated carbocycles. The molecule has 0 saturated heterocycles. The van der Waals surface area contributed by atoms with Crippen molar-refractivity contribution in [3.63, 3.8) is 0 Å². The van der Waals surface area contributed by atoms with E-state index in [9.17, 15) is 0 Å². The van der Waals surface area contributed by atoms with Crippen molar-refractivity contribution in [2.24, 2.45) is 0 Å². The van der Waals surface area contributed by atoms with Gasteiger partial charge in [0.15, 0.2) is 0 Å². The van der Waals surface area contributed by atoms with E-state index in [1.165, 1.54) is 42.0 Å². The summed E-state index contributed by atoms with van der Waals surface area (Å²) in [5.41, 5.74) is 3.09. The third-order valence-corrected chi connectivity index (χ3v) is 3.10. The van der Waals surface area contributed by atoms with Crippen molar-refractivity contribution in [1.82, 2.24) is 4.98 Å². The topological polar surface area (TPSA) is 12.9 Å². The molecule has 1 aliphatic carbocycles. The minimum absolute atomic E-state index is 1.25. The van der Waals surface area contributed by atoms with Crippen molar-refractivity contribution in [1.29, 1.82) is 0 Å². The van der Waals surface area contributed by atoms with Gasteiger partial charge in [0.25, 0.3) is 0 Å². The average molecular weight is 183 g/mol. The van der Waals surface area contributed by atoms with Gasteiger partial charge in [0.05, 0.1) is 0 Å². The molecule has 0 N–H and O–H groups in total. The zero-order chi connectivity index (χ0) is 9.38. The molecule has 0 spiro atoms. The first-order valence-corrected chi connectivity index (χ1v) is 5.29. The Kier molecular flexibility index (Phi) is 1.76. The van der Waals surface area contributed by atoms with Crippen molar-refractivity contribution in [2.45, 2.75) is 25.7 Å². The number of pyridine rings is 1. The number of hydrogen-bond acceptors (Lipinski definition) is 1. The fourth-order valence-electron chi connectivity index (χ4n) is 2.33. The molecule has 14 heavy (non-hydrogen) atoms. The number of benzene rings is 1. The summed E-state index contributed by atoms with van der Waals surface area (Å²) in [6.45, 7) is 0. The van der Waals surface area contributed by atoms with E-state index in [2.05, 4.69) is 23.2 Å². The van der Waals surface area contributed by atoms with Crippen LogP contribution in [0.25, 0.3) is 10.8 Å². The van der Waals surface area contributed by atoms with Gasteiger partial charge >= 0.3 is 0 Å². The molecule has 0 bridgehead atoms. The molecule has 0 fully saturated rings. The predicted octanol–water partition coefficient (Wildman–Crippen LogP) is 3.11. The van der Waals surface area contributed by atoms with Crippen LogP contribution in [0.5, 0.6) is 0 Å². The Hall–Kier alpha value is -1.37. The summed E-state index contributed by atoms with van der Waals surface area (Å²) in [7, 11) is 0. The van der Waals surface area contributed by atoms with Crippen molar-refractivity contribution < 1.29 is 0 Å². The fraction of sp³-hybridized carbons (Fsp3) is 0.308. The molecule has 2 aromatic rings. The standard InChI is InChI=1S/C13H13N/c1-2-4-11-8-13-9-14-6-5-12(13)7-10(11)3-1/h5-9H,1-4H2. The Balaban J connectivity index is 2.27. The molecular weight excluding hydrogens is 170 g/mol. The normalized spacial score (nSPS) is 15.4. The van der Waals surface area contributed by atoms with Crippen LogP contribution in [0.1, 0.15) is 24.0 Å². The highest BCUT2D eigenvalue weighted by atomic mass is 14.6. The summed E-state index contributed by atoms with van der Waals surface area (Å²) in [5, 5.41) is 2.62. The zero-order valence-corrected chi connectivity index (χ0v) is 8.16. The number of hydrogen-bond donors (Lipinski definition) is 0. The van der Waals surface area contributed by atoms with Crippen LogP contribution in [-0.4, -0.2) is 4.98 Å². The Morgan fingerprint density at radius 2 is 1.64 bits per heavy atom. The van der Waals surface area contributed by atoms with Crippen molar-refractivity contribution in [3.05, 3.63) is 41.7 Å². The van der Waals surface area contributed by atoms with Gasteiger partial charge in [-0.25, -0.2) is 0 Å². The van der Waals surface area contributed by atoms with E-state index < -0.39 is 0 Å². The summed E-state index contributed by atoms with van der Waals surface area (Å²) in [6.07, 6.45) is 9.04. The van der Waals surface area contributed by atoms with E-state index in [1.807, 2.05) is 12.4 Å². The molecule has 0 aliphatic heterocycles. The van der Waals surface area contributed by atoms with Crippen LogP contribution < -0.4 is 0 Å².